The predicted octanol–water partition coefficient (Wildman–Crippen LogP) is 3.12. The van der Waals surface area contributed by atoms with Gasteiger partial charge in [0.1, 0.15) is 0 Å². The van der Waals surface area contributed by atoms with Gasteiger partial charge in [0, 0.05) is 46.0 Å². The lowest BCUT2D eigenvalue weighted by Gasteiger charge is -2.22. The lowest BCUT2D eigenvalue weighted by atomic mass is 10.2. The van der Waals surface area contributed by atoms with E-state index in [2.05, 4.69) is 40.6 Å². The van der Waals surface area contributed by atoms with E-state index in [9.17, 15) is 4.79 Å². The van der Waals surface area contributed by atoms with Gasteiger partial charge in [-0.15, -0.1) is 0 Å². The summed E-state index contributed by atoms with van der Waals surface area (Å²) in [6.45, 7) is 5.56. The van der Waals surface area contributed by atoms with Crippen LogP contribution in [-0.4, -0.2) is 55.5 Å². The molecular formula is C19H31N5O. The standard InChI is InChI=1S/C19H31N5O/c1-4-5-11-23(3)18(20-2)21-15-16-9-8-10-17(14-16)22-19(25)24-12-6-7-13-24/h8-10,14H,4-7,11-13,15H2,1-3H3,(H,20,21)(H,22,25). The van der Waals surface area contributed by atoms with E-state index in [-0.39, 0.29) is 6.03 Å². The molecule has 0 saturated carbocycles. The third-order valence-corrected chi connectivity index (χ3v) is 4.44. The first kappa shape index (κ1) is 19.1. The minimum absolute atomic E-state index is 0.00211. The van der Waals surface area contributed by atoms with E-state index in [1.165, 1.54) is 6.42 Å². The highest BCUT2D eigenvalue weighted by molar-refractivity contribution is 5.89. The quantitative estimate of drug-likeness (QED) is 0.615. The summed E-state index contributed by atoms with van der Waals surface area (Å²) >= 11 is 0. The minimum atomic E-state index is -0.00211. The molecule has 25 heavy (non-hydrogen) atoms. The Morgan fingerprint density at radius 3 is 2.76 bits per heavy atom. The van der Waals surface area contributed by atoms with Crippen LogP contribution in [0.4, 0.5) is 10.5 Å². The largest absolute Gasteiger partial charge is 0.352 e. The van der Waals surface area contributed by atoms with Crippen molar-refractivity contribution in [1.82, 2.24) is 15.1 Å². The molecule has 2 N–H and O–H groups in total. The topological polar surface area (TPSA) is 60.0 Å². The monoisotopic (exact) mass is 345 g/mol. The molecule has 2 amide bonds. The third-order valence-electron chi connectivity index (χ3n) is 4.44. The molecule has 1 aliphatic heterocycles. The first-order valence-electron chi connectivity index (χ1n) is 9.20. The first-order valence-corrected chi connectivity index (χ1v) is 9.20. The smallest absolute Gasteiger partial charge is 0.321 e. The number of nitrogens with zero attached hydrogens (tertiary/aromatic N) is 3. The second-order valence-corrected chi connectivity index (χ2v) is 6.50. The van der Waals surface area contributed by atoms with Crippen molar-refractivity contribution in [2.75, 3.05) is 39.0 Å². The van der Waals surface area contributed by atoms with Gasteiger partial charge in [0.15, 0.2) is 5.96 Å². The van der Waals surface area contributed by atoms with Gasteiger partial charge in [-0.2, -0.15) is 0 Å². The second-order valence-electron chi connectivity index (χ2n) is 6.50. The zero-order valence-corrected chi connectivity index (χ0v) is 15.7. The molecule has 1 aliphatic rings. The fraction of sp³-hybridized carbons (Fsp3) is 0.579. The fourth-order valence-corrected chi connectivity index (χ4v) is 2.95. The zero-order chi connectivity index (χ0) is 18.1. The van der Waals surface area contributed by atoms with Crippen molar-refractivity contribution >= 4 is 17.7 Å². The van der Waals surface area contributed by atoms with Crippen LogP contribution in [0.25, 0.3) is 0 Å². The van der Waals surface area contributed by atoms with Crippen LogP contribution in [0.15, 0.2) is 29.3 Å². The maximum Gasteiger partial charge on any atom is 0.321 e. The highest BCUT2D eigenvalue weighted by atomic mass is 16.2. The number of hydrogen-bond acceptors (Lipinski definition) is 2. The fourth-order valence-electron chi connectivity index (χ4n) is 2.95. The molecule has 0 spiro atoms. The molecule has 1 heterocycles. The highest BCUT2D eigenvalue weighted by Gasteiger charge is 2.17. The molecule has 0 radical (unpaired) electrons. The summed E-state index contributed by atoms with van der Waals surface area (Å²) in [4.78, 5) is 20.5. The number of unbranched alkanes of at least 4 members (excludes halogenated alkanes) is 1. The molecule has 2 rings (SSSR count). The van der Waals surface area contributed by atoms with E-state index < -0.39 is 0 Å². The third kappa shape index (κ3) is 5.96. The molecule has 0 aliphatic carbocycles. The molecule has 1 fully saturated rings. The molecule has 0 atom stereocenters. The zero-order valence-electron chi connectivity index (χ0n) is 15.7. The summed E-state index contributed by atoms with van der Waals surface area (Å²) in [5.74, 6) is 0.889. The SMILES string of the molecule is CCCCN(C)C(=NC)NCc1cccc(NC(=O)N2CCCC2)c1. The molecule has 6 nitrogen and oxygen atoms in total. The Kier molecular flexibility index (Phi) is 7.57. The summed E-state index contributed by atoms with van der Waals surface area (Å²) in [6, 6.07) is 7.97. The van der Waals surface area contributed by atoms with E-state index in [4.69, 9.17) is 0 Å². The lowest BCUT2D eigenvalue weighted by Crippen LogP contribution is -2.39. The Labute approximate surface area is 151 Å². The van der Waals surface area contributed by atoms with E-state index in [0.29, 0.717) is 6.54 Å². The van der Waals surface area contributed by atoms with Crippen LogP contribution >= 0.6 is 0 Å². The number of likely N-dealkylation sites (tertiary alicyclic amines) is 1. The number of aliphatic imine (C=N–C) groups is 1. The van der Waals surface area contributed by atoms with Gasteiger partial charge in [-0.05, 0) is 37.0 Å². The molecule has 1 aromatic rings. The normalized spacial score (nSPS) is 14.5. The van der Waals surface area contributed by atoms with Gasteiger partial charge in [-0.3, -0.25) is 4.99 Å². The van der Waals surface area contributed by atoms with E-state index in [1.807, 2.05) is 23.1 Å². The number of urea groups is 1. The number of carbonyl (C=O) groups excluding carboxylic acids is 1. The molecule has 1 saturated heterocycles. The van der Waals surface area contributed by atoms with Crippen LogP contribution in [0.1, 0.15) is 38.2 Å². The van der Waals surface area contributed by atoms with Crippen LogP contribution in [0.2, 0.25) is 0 Å². The van der Waals surface area contributed by atoms with Crippen LogP contribution < -0.4 is 10.6 Å². The van der Waals surface area contributed by atoms with E-state index in [1.54, 1.807) is 7.05 Å². The molecule has 0 bridgehead atoms. The summed E-state index contributed by atoms with van der Waals surface area (Å²) < 4.78 is 0. The van der Waals surface area contributed by atoms with Crippen LogP contribution in [0.5, 0.6) is 0 Å². The van der Waals surface area contributed by atoms with E-state index >= 15 is 0 Å². The average Bonchev–Trinajstić information content (AvgIpc) is 3.15. The molecule has 6 heteroatoms. The summed E-state index contributed by atoms with van der Waals surface area (Å²) in [7, 11) is 3.86. The van der Waals surface area contributed by atoms with Gasteiger partial charge in [-0.25, -0.2) is 4.79 Å². The Morgan fingerprint density at radius 2 is 2.08 bits per heavy atom. The van der Waals surface area contributed by atoms with Crippen molar-refractivity contribution in [2.24, 2.45) is 4.99 Å². The molecule has 1 aromatic carbocycles. The summed E-state index contributed by atoms with van der Waals surface area (Å²) in [5, 5.41) is 6.38. The predicted molar refractivity (Wildman–Crippen MR) is 104 cm³/mol. The van der Waals surface area contributed by atoms with Gasteiger partial charge < -0.3 is 20.4 Å². The number of nitrogens with one attached hydrogen (secondary N) is 2. The maximum absolute atomic E-state index is 12.2. The first-order chi connectivity index (χ1) is 12.1. The maximum atomic E-state index is 12.2. The van der Waals surface area contributed by atoms with Crippen molar-refractivity contribution < 1.29 is 4.79 Å². The number of benzene rings is 1. The van der Waals surface area contributed by atoms with Crippen molar-refractivity contribution in [3.8, 4) is 0 Å². The average molecular weight is 345 g/mol. The number of amides is 2. The molecule has 0 aromatic heterocycles. The van der Waals surface area contributed by atoms with Crippen LogP contribution in [0, 0.1) is 0 Å². The van der Waals surface area contributed by atoms with Crippen molar-refractivity contribution in [3.63, 3.8) is 0 Å². The highest BCUT2D eigenvalue weighted by Crippen LogP contribution is 2.14. The number of guanidine groups is 1. The van der Waals surface area contributed by atoms with Crippen LogP contribution in [0.3, 0.4) is 0 Å². The molecular weight excluding hydrogens is 314 g/mol. The van der Waals surface area contributed by atoms with Gasteiger partial charge in [0.05, 0.1) is 0 Å². The number of anilines is 1. The minimum Gasteiger partial charge on any atom is -0.352 e. The van der Waals surface area contributed by atoms with E-state index in [0.717, 1.165) is 56.1 Å². The Balaban J connectivity index is 1.88. The molecule has 138 valence electrons. The lowest BCUT2D eigenvalue weighted by molar-refractivity contribution is 0.222. The number of carbonyl (C=O) groups is 1. The molecule has 0 unspecified atom stereocenters. The summed E-state index contributed by atoms with van der Waals surface area (Å²) in [6.07, 6.45) is 4.51. The van der Waals surface area contributed by atoms with Crippen molar-refractivity contribution in [1.29, 1.82) is 0 Å². The Hall–Kier alpha value is -2.24. The summed E-state index contributed by atoms with van der Waals surface area (Å²) in [5.41, 5.74) is 1.95. The Morgan fingerprint density at radius 1 is 1.32 bits per heavy atom. The van der Waals surface area contributed by atoms with Crippen LogP contribution in [-0.2, 0) is 6.54 Å². The van der Waals surface area contributed by atoms with Gasteiger partial charge >= 0.3 is 6.03 Å². The van der Waals surface area contributed by atoms with Gasteiger partial charge in [-0.1, -0.05) is 25.5 Å². The Bertz CT molecular complexity index is 581. The van der Waals surface area contributed by atoms with Crippen molar-refractivity contribution in [2.45, 2.75) is 39.2 Å². The number of rotatable bonds is 6. The van der Waals surface area contributed by atoms with Crippen molar-refractivity contribution in [3.05, 3.63) is 29.8 Å². The van der Waals surface area contributed by atoms with Gasteiger partial charge in [0.2, 0.25) is 0 Å². The second kappa shape index (κ2) is 9.91. The number of hydrogen-bond donors (Lipinski definition) is 2. The van der Waals surface area contributed by atoms with Gasteiger partial charge in [0.25, 0.3) is 0 Å².